The van der Waals surface area contributed by atoms with Crippen molar-refractivity contribution in [1.29, 1.82) is 0 Å². The van der Waals surface area contributed by atoms with Gasteiger partial charge in [0.25, 0.3) is 6.50 Å². The lowest BCUT2D eigenvalue weighted by Gasteiger charge is -2.41. The zero-order valence-corrected chi connectivity index (χ0v) is 11.9. The fourth-order valence-corrected chi connectivity index (χ4v) is 2.03. The van der Waals surface area contributed by atoms with Gasteiger partial charge in [-0.05, 0) is 18.3 Å². The van der Waals surface area contributed by atoms with E-state index in [4.69, 9.17) is 24.4 Å². The number of aromatic amines is 1. The Hall–Kier alpha value is -2.62. The molecule has 7 nitrogen and oxygen atoms in total. The number of likely N-dealkylation sites (tertiary alicyclic amines) is 1. The second kappa shape index (κ2) is 6.24. The van der Waals surface area contributed by atoms with Gasteiger partial charge in [0.05, 0.1) is 15.5 Å². The van der Waals surface area contributed by atoms with Crippen LogP contribution < -0.4 is 4.90 Å². The van der Waals surface area contributed by atoms with Crippen LogP contribution in [-0.2, 0) is 4.79 Å². The molecule has 1 aliphatic heterocycles. The quantitative estimate of drug-likeness (QED) is 0.869. The molecule has 1 saturated heterocycles. The van der Waals surface area contributed by atoms with Crippen LogP contribution in [0.2, 0.25) is 0 Å². The lowest BCUT2D eigenvalue weighted by atomic mass is 9.92. The van der Waals surface area contributed by atoms with Crippen LogP contribution in [0.4, 0.5) is 5.82 Å². The van der Waals surface area contributed by atoms with Crippen molar-refractivity contribution < 1.29 is 22.6 Å². The molecular weight excluding hydrogens is 292 g/mol. The van der Waals surface area contributed by atoms with E-state index in [-0.39, 0.29) is 16.9 Å². The number of H-pyrrole nitrogens is 1. The molecule has 0 spiro atoms. The maximum absolute atomic E-state index is 13.0. The van der Waals surface area contributed by atoms with E-state index in [9.17, 15) is 4.79 Å². The summed E-state index contributed by atoms with van der Waals surface area (Å²) in [6.07, 6.45) is -1.69. The second-order valence-electron chi connectivity index (χ2n) is 4.43. The number of amides is 1. The van der Waals surface area contributed by atoms with E-state index in [1.54, 1.807) is 0 Å². The highest BCUT2D eigenvalue weighted by Crippen LogP contribution is 2.28. The maximum atomic E-state index is 13.0. The topological polar surface area (TPSA) is 69.5 Å². The fourth-order valence-electron chi connectivity index (χ4n) is 2.03. The number of carbonyl (C=O) groups is 1. The molecule has 0 bridgehead atoms. The number of fused-ring (bicyclic) bond motifs is 1. The standard InChI is InChI=1S/C16H20N6O/c1-11-5-7-22(14(23)8-17-2)9-13(11)21(3)16-12-4-6-18-15(12)19-10-20-16/h4,6,10-11,13H,5,7-9H2,1,3H3,(H,18,19,20)/t11-,13+/m1/s1/i1D3,5D2,7D2,8D2,9D2,11D,13D. The molecule has 1 amide bonds. The third kappa shape index (κ3) is 2.84. The molecule has 2 atom stereocenters. The highest BCUT2D eigenvalue weighted by Gasteiger charge is 2.33. The zero-order valence-electron chi connectivity index (χ0n) is 24.9. The van der Waals surface area contributed by atoms with Crippen molar-refractivity contribution in [1.82, 2.24) is 19.9 Å². The van der Waals surface area contributed by atoms with E-state index in [1.807, 2.05) is 0 Å². The maximum Gasteiger partial charge on any atom is 0.302 e. The third-order valence-corrected chi connectivity index (χ3v) is 3.09. The molecule has 2 aromatic rings. The molecule has 2 aromatic heterocycles. The number of hydrogen-bond acceptors (Lipinski definition) is 4. The van der Waals surface area contributed by atoms with Crippen LogP contribution in [-0.4, -0.2) is 58.3 Å². The smallest absolute Gasteiger partial charge is 0.302 e. The van der Waals surface area contributed by atoms with Gasteiger partial charge in [-0.15, -0.1) is 0 Å². The molecule has 120 valence electrons. The van der Waals surface area contributed by atoms with Crippen LogP contribution in [0.1, 0.15) is 31.0 Å². The monoisotopic (exact) mass is 325 g/mol. The number of nitrogens with zero attached hydrogens (tertiary/aromatic N) is 5. The van der Waals surface area contributed by atoms with Crippen molar-refractivity contribution in [3.05, 3.63) is 30.0 Å². The molecule has 3 rings (SSSR count). The van der Waals surface area contributed by atoms with E-state index in [0.717, 1.165) is 13.4 Å². The first kappa shape index (κ1) is 6.11. The summed E-state index contributed by atoms with van der Waals surface area (Å²) in [7, 11) is 0.914. The van der Waals surface area contributed by atoms with Crippen LogP contribution >= 0.6 is 0 Å². The van der Waals surface area contributed by atoms with Crippen molar-refractivity contribution in [2.45, 2.75) is 19.2 Å². The van der Waals surface area contributed by atoms with Gasteiger partial charge in [0.1, 0.15) is 20.5 Å². The summed E-state index contributed by atoms with van der Waals surface area (Å²) < 4.78 is 108. The lowest BCUT2D eigenvalue weighted by molar-refractivity contribution is -0.130. The first-order chi connectivity index (χ1) is 16.1. The summed E-state index contributed by atoms with van der Waals surface area (Å²) in [4.78, 5) is 25.9. The summed E-state index contributed by atoms with van der Waals surface area (Å²) in [5.74, 6) is -6.52. The Bertz CT molecular complexity index is 1250. The average molecular weight is 325 g/mol. The number of likely N-dealkylation sites (N-methyl/N-ethyl adjacent to an activating group) is 1. The summed E-state index contributed by atoms with van der Waals surface area (Å²) in [6.45, 7) is -8.50. The van der Waals surface area contributed by atoms with E-state index in [2.05, 4.69) is 19.8 Å². The van der Waals surface area contributed by atoms with E-state index >= 15 is 0 Å². The predicted molar refractivity (Wildman–Crippen MR) is 87.9 cm³/mol. The van der Waals surface area contributed by atoms with Crippen molar-refractivity contribution >= 4 is 22.8 Å². The van der Waals surface area contributed by atoms with Crippen molar-refractivity contribution in [2.24, 2.45) is 5.89 Å². The van der Waals surface area contributed by atoms with Crippen LogP contribution in [0.5, 0.6) is 0 Å². The van der Waals surface area contributed by atoms with E-state index in [0.29, 0.717) is 4.90 Å². The van der Waals surface area contributed by atoms with E-state index < -0.39 is 55.4 Å². The molecule has 1 fully saturated rings. The molecule has 0 unspecified atom stereocenters. The Kier molecular flexibility index (Phi) is 1.66. The van der Waals surface area contributed by atoms with E-state index in [1.165, 1.54) is 12.3 Å². The van der Waals surface area contributed by atoms with Crippen molar-refractivity contribution in [2.75, 3.05) is 31.4 Å². The molecule has 23 heavy (non-hydrogen) atoms. The normalized spacial score (nSPS) is 43.7. The summed E-state index contributed by atoms with van der Waals surface area (Å²) in [5, 5.41) is 0.0961. The molecule has 0 aliphatic carbocycles. The number of rotatable bonds is 3. The minimum Gasteiger partial charge on any atom is -0.354 e. The number of nitrogens with one attached hydrogen (secondary N) is 1. The average Bonchev–Trinajstić information content (AvgIpc) is 3.24. The number of piperidine rings is 1. The van der Waals surface area contributed by atoms with Gasteiger partial charge in [-0.25, -0.2) is 16.5 Å². The Balaban J connectivity index is 2.49. The van der Waals surface area contributed by atoms with Crippen LogP contribution in [0.25, 0.3) is 15.9 Å². The number of anilines is 1. The minimum absolute atomic E-state index is 0.0961. The van der Waals surface area contributed by atoms with Gasteiger partial charge in [0.2, 0.25) is 0 Å². The predicted octanol–water partition coefficient (Wildman–Crippen LogP) is 1.55. The molecule has 7 heteroatoms. The Morgan fingerprint density at radius 3 is 3.43 bits per heavy atom. The molecule has 0 saturated carbocycles. The SMILES string of the molecule is [2H]C([2H])([N+]#[C-])C(=O)N1C([2H])([2H])C([2H])([2H])[C@@]([2H])(C([2H])([2H])[2H])[C@@]([2H])(N(C)c2ncnc3[nH]ccc23)C1([2H])[2H]. The van der Waals surface area contributed by atoms with Crippen LogP contribution in [0.15, 0.2) is 18.6 Å². The Morgan fingerprint density at radius 2 is 2.65 bits per heavy atom. The molecule has 1 aliphatic rings. The zero-order chi connectivity index (χ0) is 27.9. The minimum atomic E-state index is -4.04. The largest absolute Gasteiger partial charge is 0.354 e. The number of carbonyl (C=O) groups excluding carboxylic acids is 1. The lowest BCUT2D eigenvalue weighted by Crippen LogP contribution is -2.53. The Labute approximate surface area is 153 Å². The molecule has 0 radical (unpaired) electrons. The van der Waals surface area contributed by atoms with Crippen molar-refractivity contribution in [3.63, 3.8) is 0 Å². The second-order valence-corrected chi connectivity index (χ2v) is 4.43. The van der Waals surface area contributed by atoms with Gasteiger partial charge in [-0.2, -0.15) is 0 Å². The number of hydrogen-bond donors (Lipinski definition) is 1. The highest BCUT2D eigenvalue weighted by atomic mass is 16.2. The fraction of sp³-hybridized carbons (Fsp3) is 0.500. The van der Waals surface area contributed by atoms with Crippen molar-refractivity contribution in [3.8, 4) is 0 Å². The first-order valence-electron chi connectivity index (χ1n) is 12.8. The van der Waals surface area contributed by atoms with Gasteiger partial charge in [0.15, 0.2) is 0 Å². The number of aromatic nitrogens is 3. The highest BCUT2D eigenvalue weighted by molar-refractivity contribution is 5.87. The van der Waals surface area contributed by atoms with Gasteiger partial charge < -0.3 is 19.6 Å². The van der Waals surface area contributed by atoms with Gasteiger partial charge in [-0.1, -0.05) is 6.85 Å². The van der Waals surface area contributed by atoms with Gasteiger partial charge in [-0.3, -0.25) is 4.79 Å². The summed E-state index contributed by atoms with van der Waals surface area (Å²) >= 11 is 0. The molecule has 3 heterocycles. The summed E-state index contributed by atoms with van der Waals surface area (Å²) in [5.41, 5.74) is 0.145. The van der Waals surface area contributed by atoms with Crippen LogP contribution in [0, 0.1) is 12.5 Å². The molecule has 0 aromatic carbocycles. The van der Waals surface area contributed by atoms with Crippen LogP contribution in [0.3, 0.4) is 0 Å². The molecular formula is C16H20N6O. The summed E-state index contributed by atoms with van der Waals surface area (Å²) in [6, 6.07) is -2.34. The van der Waals surface area contributed by atoms with Gasteiger partial charge >= 0.3 is 5.91 Å². The Morgan fingerprint density at radius 1 is 1.78 bits per heavy atom. The first-order valence-corrected chi connectivity index (χ1v) is 6.34. The third-order valence-electron chi connectivity index (χ3n) is 3.09. The van der Waals surface area contributed by atoms with Gasteiger partial charge in [0, 0.05) is 37.2 Å². The molecule has 1 N–H and O–H groups in total.